The Labute approximate surface area is 169 Å². The zero-order chi connectivity index (χ0) is 21.0. The molecule has 0 saturated heterocycles. The summed E-state index contributed by atoms with van der Waals surface area (Å²) in [5, 5.41) is 10.7. The molecule has 0 radical (unpaired) electrons. The Bertz CT molecular complexity index is 870. The van der Waals surface area contributed by atoms with Crippen LogP contribution in [0.15, 0.2) is 30.1 Å². The van der Waals surface area contributed by atoms with Gasteiger partial charge in [-0.15, -0.1) is 0 Å². The first-order valence-corrected chi connectivity index (χ1v) is 9.71. The van der Waals surface area contributed by atoms with Gasteiger partial charge in [-0.05, 0) is 32.8 Å². The molecule has 0 unspecified atom stereocenters. The number of aryl methyl sites for hydroxylation is 2. The van der Waals surface area contributed by atoms with E-state index in [4.69, 9.17) is 10.5 Å². The number of anilines is 1. The van der Waals surface area contributed by atoms with E-state index in [0.29, 0.717) is 30.2 Å². The molecule has 0 amide bonds. The second kappa shape index (κ2) is 8.67. The topological polar surface area (TPSA) is 90.0 Å². The highest BCUT2D eigenvalue weighted by molar-refractivity contribution is 5.48. The molecule has 0 spiro atoms. The third kappa shape index (κ3) is 5.36. The summed E-state index contributed by atoms with van der Waals surface area (Å²) in [5.41, 5.74) is 8.11. The highest BCUT2D eigenvalue weighted by atomic mass is 19.3. The van der Waals surface area contributed by atoms with Crippen LogP contribution in [0.2, 0.25) is 0 Å². The first kappa shape index (κ1) is 20.9. The van der Waals surface area contributed by atoms with Gasteiger partial charge in [0.15, 0.2) is 5.82 Å². The third-order valence-corrected chi connectivity index (χ3v) is 5.00. The van der Waals surface area contributed by atoms with E-state index in [2.05, 4.69) is 20.7 Å². The monoisotopic (exact) mass is 406 g/mol. The van der Waals surface area contributed by atoms with Crippen LogP contribution >= 0.6 is 0 Å². The molecule has 0 atom stereocenters. The molecule has 0 aromatic carbocycles. The minimum absolute atomic E-state index is 0.0533. The van der Waals surface area contributed by atoms with Crippen LogP contribution in [0.25, 0.3) is 5.82 Å². The molecule has 4 N–H and O–H groups in total. The average molecular weight is 406 g/mol. The predicted molar refractivity (Wildman–Crippen MR) is 108 cm³/mol. The van der Waals surface area contributed by atoms with Crippen LogP contribution in [0.1, 0.15) is 37.1 Å². The van der Waals surface area contributed by atoms with Crippen LogP contribution in [0.4, 0.5) is 14.6 Å². The average Bonchev–Trinajstić information content (AvgIpc) is 3.02. The van der Waals surface area contributed by atoms with Gasteiger partial charge < -0.3 is 21.1 Å². The summed E-state index contributed by atoms with van der Waals surface area (Å²) in [6, 6.07) is 5.47. The smallest absolute Gasteiger partial charge is 0.248 e. The van der Waals surface area contributed by atoms with Gasteiger partial charge in [-0.2, -0.15) is 5.10 Å². The molecule has 2 heterocycles. The molecular formula is C20H28F2N6O. The van der Waals surface area contributed by atoms with Gasteiger partial charge in [0.2, 0.25) is 5.92 Å². The maximum absolute atomic E-state index is 13.5. The fraction of sp³-hybridized carbons (Fsp3) is 0.500. The number of rotatable bonds is 7. The number of alkyl halides is 2. The molecule has 2 aromatic rings. The summed E-state index contributed by atoms with van der Waals surface area (Å²) >= 11 is 0. The molecule has 0 aliphatic heterocycles. The predicted octanol–water partition coefficient (Wildman–Crippen LogP) is 3.27. The molecule has 2 aromatic heterocycles. The Morgan fingerprint density at radius 2 is 2.03 bits per heavy atom. The van der Waals surface area contributed by atoms with Crippen molar-refractivity contribution < 1.29 is 13.5 Å². The van der Waals surface area contributed by atoms with Crippen molar-refractivity contribution in [3.63, 3.8) is 0 Å². The maximum Gasteiger partial charge on any atom is 0.248 e. The number of pyridine rings is 1. The van der Waals surface area contributed by atoms with E-state index >= 15 is 0 Å². The number of ether oxygens (including phenoxy) is 1. The molecular weight excluding hydrogens is 378 g/mol. The molecule has 9 heteroatoms. The van der Waals surface area contributed by atoms with Crippen LogP contribution in [-0.4, -0.2) is 40.4 Å². The summed E-state index contributed by atoms with van der Waals surface area (Å²) in [6.45, 7) is 4.13. The van der Waals surface area contributed by atoms with Gasteiger partial charge in [0, 0.05) is 50.0 Å². The van der Waals surface area contributed by atoms with Crippen molar-refractivity contribution in [2.24, 2.45) is 5.73 Å². The lowest BCUT2D eigenvalue weighted by Crippen LogP contribution is -2.32. The first-order valence-electron chi connectivity index (χ1n) is 9.71. The van der Waals surface area contributed by atoms with Crippen molar-refractivity contribution in [1.82, 2.24) is 20.1 Å². The summed E-state index contributed by atoms with van der Waals surface area (Å²) in [7, 11) is 1.77. The van der Waals surface area contributed by atoms with Crippen LogP contribution < -0.4 is 21.1 Å². The molecule has 1 saturated carbocycles. The minimum Gasteiger partial charge on any atom is -0.487 e. The summed E-state index contributed by atoms with van der Waals surface area (Å²) < 4.78 is 34.5. The molecule has 29 heavy (non-hydrogen) atoms. The van der Waals surface area contributed by atoms with E-state index < -0.39 is 5.92 Å². The molecule has 7 nitrogen and oxygen atoms in total. The van der Waals surface area contributed by atoms with Crippen LogP contribution in [-0.2, 0) is 0 Å². The number of nitrogens with two attached hydrogens (primary N) is 1. The van der Waals surface area contributed by atoms with Crippen molar-refractivity contribution >= 4 is 5.82 Å². The van der Waals surface area contributed by atoms with Crippen molar-refractivity contribution in [1.29, 1.82) is 0 Å². The second-order valence-corrected chi connectivity index (χ2v) is 7.39. The van der Waals surface area contributed by atoms with Gasteiger partial charge >= 0.3 is 0 Å². The zero-order valence-corrected chi connectivity index (χ0v) is 17.0. The van der Waals surface area contributed by atoms with Crippen LogP contribution in [0.5, 0.6) is 5.75 Å². The number of aromatic nitrogens is 3. The number of nitrogens with zero attached hydrogens (tertiary/aromatic N) is 3. The quantitative estimate of drug-likeness (QED) is 0.654. The van der Waals surface area contributed by atoms with E-state index in [9.17, 15) is 8.78 Å². The first-order chi connectivity index (χ1) is 13.8. The lowest BCUT2D eigenvalue weighted by molar-refractivity contribution is -0.0361. The van der Waals surface area contributed by atoms with E-state index in [-0.39, 0.29) is 25.5 Å². The lowest BCUT2D eigenvalue weighted by Gasteiger charge is -2.29. The Hall–Kier alpha value is -2.84. The van der Waals surface area contributed by atoms with E-state index in [1.165, 1.54) is 6.20 Å². The Balaban J connectivity index is 1.85. The molecule has 1 aliphatic carbocycles. The van der Waals surface area contributed by atoms with Gasteiger partial charge in [0.1, 0.15) is 18.2 Å². The number of likely N-dealkylation sites (N-methyl/N-ethyl adjacent to an activating group) is 1. The fourth-order valence-corrected chi connectivity index (χ4v) is 3.38. The molecule has 1 fully saturated rings. The van der Waals surface area contributed by atoms with Crippen molar-refractivity contribution in [2.75, 3.05) is 19.0 Å². The van der Waals surface area contributed by atoms with Gasteiger partial charge in [-0.25, -0.2) is 18.4 Å². The van der Waals surface area contributed by atoms with Crippen molar-refractivity contribution in [2.45, 2.75) is 51.5 Å². The molecule has 3 rings (SSSR count). The SMILES string of the molecule is CN/C(=C\N)COc1cc(NC2CCC(F)(F)CC2)nc(-n2nc(C)cc2C)c1. The number of nitrogens with one attached hydrogen (secondary N) is 2. The number of hydrogen-bond acceptors (Lipinski definition) is 6. The van der Waals surface area contributed by atoms with Gasteiger partial charge in [-0.3, -0.25) is 0 Å². The maximum atomic E-state index is 13.5. The van der Waals surface area contributed by atoms with Gasteiger partial charge in [0.05, 0.1) is 11.4 Å². The Morgan fingerprint density at radius 3 is 2.62 bits per heavy atom. The Kier molecular flexibility index (Phi) is 6.24. The highest BCUT2D eigenvalue weighted by Crippen LogP contribution is 2.34. The highest BCUT2D eigenvalue weighted by Gasteiger charge is 2.35. The zero-order valence-electron chi connectivity index (χ0n) is 17.0. The molecule has 1 aliphatic rings. The largest absolute Gasteiger partial charge is 0.487 e. The molecule has 0 bridgehead atoms. The van der Waals surface area contributed by atoms with Crippen LogP contribution in [0.3, 0.4) is 0 Å². The summed E-state index contributed by atoms with van der Waals surface area (Å²) in [6.07, 6.45) is 2.02. The van der Waals surface area contributed by atoms with Gasteiger partial charge in [0.25, 0.3) is 0 Å². The van der Waals surface area contributed by atoms with E-state index in [0.717, 1.165) is 17.1 Å². The second-order valence-electron chi connectivity index (χ2n) is 7.39. The lowest BCUT2D eigenvalue weighted by atomic mass is 9.92. The number of halogens is 2. The molecule has 158 valence electrons. The Morgan fingerprint density at radius 1 is 1.31 bits per heavy atom. The fourth-order valence-electron chi connectivity index (χ4n) is 3.38. The van der Waals surface area contributed by atoms with Crippen molar-refractivity contribution in [3.8, 4) is 11.6 Å². The summed E-state index contributed by atoms with van der Waals surface area (Å²) in [4.78, 5) is 4.64. The third-order valence-electron chi connectivity index (χ3n) is 5.00. The van der Waals surface area contributed by atoms with Gasteiger partial charge in [-0.1, -0.05) is 0 Å². The van der Waals surface area contributed by atoms with Crippen molar-refractivity contribution in [3.05, 3.63) is 41.5 Å². The minimum atomic E-state index is -2.57. The van der Waals surface area contributed by atoms with Crippen LogP contribution in [0, 0.1) is 13.8 Å². The normalized spacial score (nSPS) is 17.2. The summed E-state index contributed by atoms with van der Waals surface area (Å²) in [5.74, 6) is -0.813. The number of hydrogen-bond donors (Lipinski definition) is 3. The standard InChI is InChI=1S/C20H28F2N6O/c1-13-8-14(2)28(27-13)19-10-17(29-12-16(11-23)24-3)9-18(26-19)25-15-4-6-20(21,22)7-5-15/h8-11,15,24H,4-7,12,23H2,1-3H3,(H,25,26)/b16-11-. The van der Waals surface area contributed by atoms with E-state index in [1.54, 1.807) is 23.9 Å². The van der Waals surface area contributed by atoms with E-state index in [1.807, 2.05) is 19.9 Å².